The fourth-order valence-electron chi connectivity index (χ4n) is 5.84. The van der Waals surface area contributed by atoms with Crippen molar-refractivity contribution in [3.63, 3.8) is 0 Å². The van der Waals surface area contributed by atoms with E-state index in [1.165, 1.54) is 72.8 Å². The van der Waals surface area contributed by atoms with Gasteiger partial charge < -0.3 is 20.8 Å². The number of nitrogens with one attached hydrogen (secondary N) is 4. The predicted molar refractivity (Wildman–Crippen MR) is 200 cm³/mol. The van der Waals surface area contributed by atoms with Crippen LogP contribution in [0.25, 0.3) is 21.5 Å². The predicted octanol–water partition coefficient (Wildman–Crippen LogP) is 6.28. The van der Waals surface area contributed by atoms with Gasteiger partial charge in [0, 0.05) is 44.6 Å². The minimum absolute atomic E-state index is 0.0945. The fraction of sp³-hybridized carbons (Fsp3) is 0.0541. The van der Waals surface area contributed by atoms with E-state index in [1.807, 2.05) is 0 Å². The highest BCUT2D eigenvalue weighted by Gasteiger charge is 2.20. The molecule has 0 saturated heterocycles. The van der Waals surface area contributed by atoms with Crippen LogP contribution in [-0.2, 0) is 20.2 Å². The van der Waals surface area contributed by atoms with Crippen molar-refractivity contribution in [3.05, 3.63) is 119 Å². The van der Waals surface area contributed by atoms with Crippen LogP contribution in [-0.4, -0.2) is 54.0 Å². The maximum atomic E-state index is 13.0. The number of urea groups is 1. The molecule has 0 saturated carbocycles. The SMILES string of the molecule is Cc1cc(Nc2cc(S(=O)(=O)O)cc3cc(O)ccc23)ccc1C(=O)NC(=O)NC(=O)c1ccc(Nc2cc(S(=O)(=O)O)cc3cc(O)ccc23)cc1C. The second kappa shape index (κ2) is 14.1. The molecule has 6 aromatic carbocycles. The standard InChI is InChI=1S/C37H30N4O11S2/c1-19-11-23(38-33-17-27(53(47,48)49)15-21-13-25(42)5-9-31(21)33)3-7-29(19)35(44)40-37(46)41-36(45)30-8-4-24(12-20(30)2)39-34-18-28(54(50,51)52)16-22-14-26(43)6-10-32(22)34/h3-18,38-39,42-43H,1-2H3,(H,47,48,49)(H,50,51,52)(H2,40,41,44,45,46). The van der Waals surface area contributed by atoms with Crippen molar-refractivity contribution in [1.29, 1.82) is 0 Å². The van der Waals surface area contributed by atoms with E-state index in [1.54, 1.807) is 38.1 Å². The second-order valence-corrected chi connectivity index (χ2v) is 15.1. The number of phenolic OH excluding ortho intramolecular Hbond substituents is 2. The van der Waals surface area contributed by atoms with E-state index in [0.29, 0.717) is 44.0 Å². The molecule has 0 atom stereocenters. The Morgan fingerprint density at radius 3 is 1.26 bits per heavy atom. The number of hydrogen-bond donors (Lipinski definition) is 8. The molecular weight excluding hydrogens is 741 g/mol. The van der Waals surface area contributed by atoms with E-state index in [0.717, 1.165) is 0 Å². The van der Waals surface area contributed by atoms with Crippen molar-refractivity contribution >= 4 is 82.4 Å². The van der Waals surface area contributed by atoms with Gasteiger partial charge in [0.25, 0.3) is 32.1 Å². The maximum Gasteiger partial charge on any atom is 0.328 e. The van der Waals surface area contributed by atoms with E-state index < -0.39 is 47.9 Å². The minimum Gasteiger partial charge on any atom is -0.508 e. The molecule has 6 rings (SSSR count). The summed E-state index contributed by atoms with van der Waals surface area (Å²) in [6, 6.07) is 21.4. The highest BCUT2D eigenvalue weighted by Crippen LogP contribution is 2.34. The smallest absolute Gasteiger partial charge is 0.328 e. The fourth-order valence-corrected chi connectivity index (χ4v) is 6.93. The van der Waals surface area contributed by atoms with Crippen molar-refractivity contribution in [1.82, 2.24) is 10.6 Å². The summed E-state index contributed by atoms with van der Waals surface area (Å²) in [5.74, 6) is -1.85. The maximum absolute atomic E-state index is 13.0. The number of aromatic hydroxyl groups is 2. The van der Waals surface area contributed by atoms with E-state index in [9.17, 15) is 50.5 Å². The third kappa shape index (κ3) is 8.08. The van der Waals surface area contributed by atoms with Gasteiger partial charge in [0.05, 0.1) is 9.79 Å². The molecule has 0 aliphatic heterocycles. The number of carbonyl (C=O) groups is 3. The Balaban J connectivity index is 1.13. The molecule has 17 heteroatoms. The van der Waals surface area contributed by atoms with Crippen molar-refractivity contribution < 1.29 is 50.5 Å². The molecule has 0 aliphatic rings. The topological polar surface area (TPSA) is 249 Å². The van der Waals surface area contributed by atoms with E-state index >= 15 is 0 Å². The molecule has 4 amide bonds. The van der Waals surface area contributed by atoms with Crippen LogP contribution in [0, 0.1) is 13.8 Å². The summed E-state index contributed by atoms with van der Waals surface area (Å²) in [7, 11) is -9.17. The summed E-state index contributed by atoms with van der Waals surface area (Å²) >= 11 is 0. The lowest BCUT2D eigenvalue weighted by Crippen LogP contribution is -2.42. The Morgan fingerprint density at radius 1 is 0.519 bits per heavy atom. The molecule has 0 unspecified atom stereocenters. The summed E-state index contributed by atoms with van der Waals surface area (Å²) in [6.45, 7) is 3.19. The average Bonchev–Trinajstić information content (AvgIpc) is 3.06. The molecule has 0 fully saturated rings. The summed E-state index contributed by atoms with van der Waals surface area (Å²) in [4.78, 5) is 37.9. The summed E-state index contributed by atoms with van der Waals surface area (Å²) in [5.41, 5.74) is 2.44. The van der Waals surface area contributed by atoms with Gasteiger partial charge >= 0.3 is 6.03 Å². The summed E-state index contributed by atoms with van der Waals surface area (Å²) in [5, 5.41) is 31.8. The van der Waals surface area contributed by atoms with Crippen molar-refractivity contribution in [2.24, 2.45) is 0 Å². The molecule has 0 spiro atoms. The Hall–Kier alpha value is -6.53. The van der Waals surface area contributed by atoms with Gasteiger partial charge in [0.2, 0.25) is 0 Å². The lowest BCUT2D eigenvalue weighted by Gasteiger charge is -2.15. The normalized spacial score (nSPS) is 11.6. The second-order valence-electron chi connectivity index (χ2n) is 12.2. The van der Waals surface area contributed by atoms with E-state index in [2.05, 4.69) is 21.3 Å². The zero-order chi connectivity index (χ0) is 39.1. The largest absolute Gasteiger partial charge is 0.508 e. The van der Waals surface area contributed by atoms with Crippen LogP contribution in [0.5, 0.6) is 11.5 Å². The third-order valence-corrected chi connectivity index (χ3v) is 10.0. The molecule has 0 bridgehead atoms. The molecule has 8 N–H and O–H groups in total. The molecule has 0 radical (unpaired) electrons. The monoisotopic (exact) mass is 770 g/mol. The average molecular weight is 771 g/mol. The Bertz CT molecular complexity index is 2600. The zero-order valence-corrected chi connectivity index (χ0v) is 29.8. The molecule has 15 nitrogen and oxygen atoms in total. The van der Waals surface area contributed by atoms with Crippen LogP contribution >= 0.6 is 0 Å². The molecule has 54 heavy (non-hydrogen) atoms. The number of imide groups is 2. The zero-order valence-electron chi connectivity index (χ0n) is 28.2. The van der Waals surface area contributed by atoms with Crippen LogP contribution in [0.4, 0.5) is 27.5 Å². The number of hydrogen-bond acceptors (Lipinski definition) is 11. The first kappa shape index (κ1) is 37.2. The van der Waals surface area contributed by atoms with Crippen molar-refractivity contribution in [3.8, 4) is 11.5 Å². The van der Waals surface area contributed by atoms with Crippen LogP contribution in [0.3, 0.4) is 0 Å². The van der Waals surface area contributed by atoms with Gasteiger partial charge in [-0.3, -0.25) is 29.3 Å². The number of rotatable bonds is 8. The van der Waals surface area contributed by atoms with Gasteiger partial charge in [-0.1, -0.05) is 0 Å². The molecule has 0 heterocycles. The van der Waals surface area contributed by atoms with Gasteiger partial charge in [-0.2, -0.15) is 16.8 Å². The van der Waals surface area contributed by atoms with Crippen LogP contribution in [0.2, 0.25) is 0 Å². The molecule has 0 aromatic heterocycles. The summed E-state index contributed by atoms with van der Waals surface area (Å²) in [6.07, 6.45) is 0. The van der Waals surface area contributed by atoms with E-state index in [4.69, 9.17) is 0 Å². The number of aryl methyl sites for hydroxylation is 2. The van der Waals surface area contributed by atoms with Gasteiger partial charge in [-0.25, -0.2) is 4.79 Å². The highest BCUT2D eigenvalue weighted by atomic mass is 32.2. The summed E-state index contributed by atoms with van der Waals surface area (Å²) < 4.78 is 66.8. The van der Waals surface area contributed by atoms with Crippen LogP contribution < -0.4 is 21.3 Å². The first-order chi connectivity index (χ1) is 25.3. The molecule has 0 aliphatic carbocycles. The lowest BCUT2D eigenvalue weighted by atomic mass is 10.1. The molecule has 276 valence electrons. The van der Waals surface area contributed by atoms with Crippen LogP contribution in [0.15, 0.2) is 107 Å². The lowest BCUT2D eigenvalue weighted by molar-refractivity contribution is 0.0944. The van der Waals surface area contributed by atoms with Gasteiger partial charge in [0.1, 0.15) is 11.5 Å². The van der Waals surface area contributed by atoms with Gasteiger partial charge in [-0.05, 0) is 133 Å². The first-order valence-corrected chi connectivity index (χ1v) is 18.6. The van der Waals surface area contributed by atoms with Crippen molar-refractivity contribution in [2.45, 2.75) is 23.6 Å². The Labute approximate surface area is 307 Å². The number of benzene rings is 6. The quantitative estimate of drug-likeness (QED) is 0.0795. The van der Waals surface area contributed by atoms with Crippen molar-refractivity contribution in [2.75, 3.05) is 10.6 Å². The van der Waals surface area contributed by atoms with E-state index in [-0.39, 0.29) is 34.0 Å². The minimum atomic E-state index is -4.59. The highest BCUT2D eigenvalue weighted by molar-refractivity contribution is 7.86. The van der Waals surface area contributed by atoms with Crippen LogP contribution in [0.1, 0.15) is 31.8 Å². The van der Waals surface area contributed by atoms with Gasteiger partial charge in [-0.15, -0.1) is 0 Å². The number of amides is 4. The number of anilines is 4. The Kier molecular flexibility index (Phi) is 9.74. The number of fused-ring (bicyclic) bond motifs is 2. The molecule has 6 aromatic rings. The number of carbonyl (C=O) groups excluding carboxylic acids is 3. The third-order valence-electron chi connectivity index (χ3n) is 8.37. The first-order valence-electron chi connectivity index (χ1n) is 15.8. The van der Waals surface area contributed by atoms with Gasteiger partial charge in [0.15, 0.2) is 0 Å². The Morgan fingerprint density at radius 2 is 0.907 bits per heavy atom. The number of phenols is 2. The molecular formula is C37H30N4O11S2.